The van der Waals surface area contributed by atoms with Gasteiger partial charge in [-0.25, -0.2) is 0 Å². The monoisotopic (exact) mass is 331 g/mol. The molecule has 0 aliphatic heterocycles. The standard InChI is InChI=1S/C17H21N3O4/c1-2-9-20(11-16(21)18-15-8-10-24-19-15)17(22)13-23-12-14-6-4-3-5-7-14/h3-8,10H,2,9,11-13H2,1H3,(H,18,19,21). The van der Waals surface area contributed by atoms with Gasteiger partial charge in [-0.15, -0.1) is 0 Å². The van der Waals surface area contributed by atoms with Crippen molar-refractivity contribution < 1.29 is 18.8 Å². The average molecular weight is 331 g/mol. The Balaban J connectivity index is 1.79. The van der Waals surface area contributed by atoms with Gasteiger partial charge in [0.2, 0.25) is 11.8 Å². The van der Waals surface area contributed by atoms with Crippen molar-refractivity contribution in [3.63, 3.8) is 0 Å². The van der Waals surface area contributed by atoms with Gasteiger partial charge in [0.15, 0.2) is 5.82 Å². The van der Waals surface area contributed by atoms with E-state index in [1.807, 2.05) is 37.3 Å². The molecule has 2 aromatic rings. The largest absolute Gasteiger partial charge is 0.367 e. The van der Waals surface area contributed by atoms with Gasteiger partial charge in [0.25, 0.3) is 0 Å². The minimum atomic E-state index is -0.325. The number of nitrogens with zero attached hydrogens (tertiary/aromatic N) is 2. The Bertz CT molecular complexity index is 629. The third kappa shape index (κ3) is 5.85. The van der Waals surface area contributed by atoms with Crippen LogP contribution in [0.15, 0.2) is 47.2 Å². The Hall–Kier alpha value is -2.67. The predicted octanol–water partition coefficient (Wildman–Crippen LogP) is 2.07. The van der Waals surface area contributed by atoms with Crippen LogP contribution in [0.1, 0.15) is 18.9 Å². The van der Waals surface area contributed by atoms with E-state index in [9.17, 15) is 9.59 Å². The molecule has 0 saturated heterocycles. The molecule has 24 heavy (non-hydrogen) atoms. The van der Waals surface area contributed by atoms with Crippen LogP contribution in [0.4, 0.5) is 5.82 Å². The van der Waals surface area contributed by atoms with Crippen LogP contribution in [-0.2, 0) is 20.9 Å². The van der Waals surface area contributed by atoms with Crippen molar-refractivity contribution in [1.29, 1.82) is 0 Å². The minimum Gasteiger partial charge on any atom is -0.367 e. The molecule has 0 radical (unpaired) electrons. The number of hydrogen-bond acceptors (Lipinski definition) is 5. The van der Waals surface area contributed by atoms with E-state index in [1.165, 1.54) is 17.2 Å². The fourth-order valence-corrected chi connectivity index (χ4v) is 2.12. The summed E-state index contributed by atoms with van der Waals surface area (Å²) in [5.41, 5.74) is 0.996. The van der Waals surface area contributed by atoms with Crippen LogP contribution in [0.25, 0.3) is 0 Å². The molecule has 1 aromatic carbocycles. The van der Waals surface area contributed by atoms with Gasteiger partial charge in [-0.2, -0.15) is 0 Å². The van der Waals surface area contributed by atoms with E-state index in [1.54, 1.807) is 0 Å². The molecule has 2 rings (SSSR count). The maximum atomic E-state index is 12.2. The number of carbonyl (C=O) groups is 2. The summed E-state index contributed by atoms with van der Waals surface area (Å²) in [5, 5.41) is 6.17. The molecule has 0 aliphatic rings. The van der Waals surface area contributed by atoms with Crippen molar-refractivity contribution in [3.05, 3.63) is 48.2 Å². The second-order valence-corrected chi connectivity index (χ2v) is 5.23. The van der Waals surface area contributed by atoms with Crippen LogP contribution in [0.5, 0.6) is 0 Å². The fourth-order valence-electron chi connectivity index (χ4n) is 2.12. The minimum absolute atomic E-state index is 0.0474. The number of carbonyl (C=O) groups excluding carboxylic acids is 2. The predicted molar refractivity (Wildman–Crippen MR) is 88.1 cm³/mol. The SMILES string of the molecule is CCCN(CC(=O)Nc1ccon1)C(=O)COCc1ccccc1. The summed E-state index contributed by atoms with van der Waals surface area (Å²) in [6, 6.07) is 11.1. The first-order valence-corrected chi connectivity index (χ1v) is 7.78. The second kappa shape index (κ2) is 9.46. The van der Waals surface area contributed by atoms with Gasteiger partial charge in [-0.3, -0.25) is 9.59 Å². The Labute approximate surface area is 140 Å². The normalized spacial score (nSPS) is 10.4. The third-order valence-electron chi connectivity index (χ3n) is 3.22. The molecule has 2 amide bonds. The quantitative estimate of drug-likeness (QED) is 0.760. The molecule has 7 heteroatoms. The maximum absolute atomic E-state index is 12.2. The lowest BCUT2D eigenvalue weighted by Gasteiger charge is -2.21. The van der Waals surface area contributed by atoms with Gasteiger partial charge >= 0.3 is 0 Å². The molecule has 7 nitrogen and oxygen atoms in total. The molecular weight excluding hydrogens is 310 g/mol. The number of ether oxygens (including phenoxy) is 1. The van der Waals surface area contributed by atoms with E-state index in [2.05, 4.69) is 15.0 Å². The number of benzene rings is 1. The second-order valence-electron chi connectivity index (χ2n) is 5.23. The summed E-state index contributed by atoms with van der Waals surface area (Å²) in [7, 11) is 0. The lowest BCUT2D eigenvalue weighted by molar-refractivity contribution is -0.139. The molecule has 0 unspecified atom stereocenters. The van der Waals surface area contributed by atoms with Gasteiger partial charge in [0, 0.05) is 12.6 Å². The summed E-state index contributed by atoms with van der Waals surface area (Å²) in [4.78, 5) is 25.7. The molecule has 0 fully saturated rings. The van der Waals surface area contributed by atoms with Gasteiger partial charge < -0.3 is 19.5 Å². The van der Waals surface area contributed by atoms with Crippen molar-refractivity contribution in [3.8, 4) is 0 Å². The third-order valence-corrected chi connectivity index (χ3v) is 3.22. The average Bonchev–Trinajstić information content (AvgIpc) is 3.08. The van der Waals surface area contributed by atoms with E-state index >= 15 is 0 Å². The smallest absolute Gasteiger partial charge is 0.249 e. The van der Waals surface area contributed by atoms with E-state index in [0.717, 1.165) is 12.0 Å². The van der Waals surface area contributed by atoms with Crippen molar-refractivity contribution in [1.82, 2.24) is 10.1 Å². The van der Waals surface area contributed by atoms with Crippen LogP contribution >= 0.6 is 0 Å². The molecular formula is C17H21N3O4. The highest BCUT2D eigenvalue weighted by Gasteiger charge is 2.17. The van der Waals surface area contributed by atoms with Crippen LogP contribution in [-0.4, -0.2) is 41.6 Å². The summed E-state index contributed by atoms with van der Waals surface area (Å²) < 4.78 is 10.1. The van der Waals surface area contributed by atoms with Gasteiger partial charge in [-0.1, -0.05) is 42.4 Å². The van der Waals surface area contributed by atoms with Crippen molar-refractivity contribution in [2.24, 2.45) is 0 Å². The zero-order valence-corrected chi connectivity index (χ0v) is 13.6. The number of anilines is 1. The first-order chi connectivity index (χ1) is 11.7. The van der Waals surface area contributed by atoms with Crippen LogP contribution in [0, 0.1) is 0 Å². The molecule has 128 valence electrons. The highest BCUT2D eigenvalue weighted by molar-refractivity contribution is 5.93. The number of rotatable bonds is 9. The number of hydrogen-bond donors (Lipinski definition) is 1. The van der Waals surface area contributed by atoms with E-state index < -0.39 is 0 Å². The molecule has 0 atom stereocenters. The molecule has 0 spiro atoms. The van der Waals surface area contributed by atoms with Crippen molar-refractivity contribution in [2.45, 2.75) is 20.0 Å². The summed E-state index contributed by atoms with van der Waals surface area (Å²) >= 11 is 0. The van der Waals surface area contributed by atoms with Crippen LogP contribution < -0.4 is 5.32 Å². The van der Waals surface area contributed by atoms with Gasteiger partial charge in [0.1, 0.15) is 12.9 Å². The maximum Gasteiger partial charge on any atom is 0.249 e. The molecule has 1 N–H and O–H groups in total. The molecule has 0 bridgehead atoms. The molecule has 0 saturated carbocycles. The molecule has 0 aliphatic carbocycles. The zero-order chi connectivity index (χ0) is 17.2. The lowest BCUT2D eigenvalue weighted by Crippen LogP contribution is -2.40. The fraction of sp³-hybridized carbons (Fsp3) is 0.353. The molecule has 1 aromatic heterocycles. The van der Waals surface area contributed by atoms with Crippen LogP contribution in [0.2, 0.25) is 0 Å². The Kier molecular flexibility index (Phi) is 6.97. The number of aromatic nitrogens is 1. The number of nitrogens with one attached hydrogen (secondary N) is 1. The highest BCUT2D eigenvalue weighted by Crippen LogP contribution is 2.04. The molecule has 1 heterocycles. The van der Waals surface area contributed by atoms with Gasteiger partial charge in [-0.05, 0) is 12.0 Å². The van der Waals surface area contributed by atoms with E-state index in [0.29, 0.717) is 19.0 Å². The topological polar surface area (TPSA) is 84.7 Å². The van der Waals surface area contributed by atoms with Crippen molar-refractivity contribution >= 4 is 17.6 Å². The van der Waals surface area contributed by atoms with Crippen LogP contribution in [0.3, 0.4) is 0 Å². The van der Waals surface area contributed by atoms with Crippen molar-refractivity contribution in [2.75, 3.05) is 25.0 Å². The number of amides is 2. The first-order valence-electron chi connectivity index (χ1n) is 7.78. The lowest BCUT2D eigenvalue weighted by atomic mass is 10.2. The zero-order valence-electron chi connectivity index (χ0n) is 13.6. The van der Waals surface area contributed by atoms with Gasteiger partial charge in [0.05, 0.1) is 13.2 Å². The Morgan fingerprint density at radius 1 is 1.25 bits per heavy atom. The Morgan fingerprint density at radius 3 is 2.71 bits per heavy atom. The summed E-state index contributed by atoms with van der Waals surface area (Å²) in [6.07, 6.45) is 2.11. The van der Waals surface area contributed by atoms with E-state index in [4.69, 9.17) is 4.74 Å². The van der Waals surface area contributed by atoms with E-state index in [-0.39, 0.29) is 25.0 Å². The Morgan fingerprint density at radius 2 is 2.04 bits per heavy atom. The summed E-state index contributed by atoms with van der Waals surface area (Å²) in [6.45, 7) is 2.68. The highest BCUT2D eigenvalue weighted by atomic mass is 16.5. The summed E-state index contributed by atoms with van der Waals surface area (Å²) in [5.74, 6) is -0.221. The first kappa shape index (κ1) is 17.7.